The Morgan fingerprint density at radius 1 is 0.882 bits per heavy atom. The van der Waals surface area contributed by atoms with E-state index in [9.17, 15) is 0 Å². The fourth-order valence-electron chi connectivity index (χ4n) is 8.25. The fraction of sp³-hybridized carbons (Fsp3) is 0.391. The number of hydrogen-bond acceptors (Lipinski definition) is 3. The fourth-order valence-corrected chi connectivity index (χ4v) is 8.25. The second kappa shape index (κ2) is 14.5. The molecule has 2 atom stereocenters. The number of aryl methyl sites for hydroxylation is 2. The van der Waals surface area contributed by atoms with Gasteiger partial charge in [0.15, 0.2) is 0 Å². The average Bonchev–Trinajstić information content (AvgIpc) is 3.60. The van der Waals surface area contributed by atoms with Crippen LogP contribution >= 0.6 is 0 Å². The third kappa shape index (κ3) is 6.88. The van der Waals surface area contributed by atoms with Crippen molar-refractivity contribution >= 4 is 21.8 Å². The lowest BCUT2D eigenvalue weighted by Gasteiger charge is -2.30. The summed E-state index contributed by atoms with van der Waals surface area (Å²) >= 11 is 0. The molecule has 3 aromatic heterocycles. The summed E-state index contributed by atoms with van der Waals surface area (Å²) in [4.78, 5) is 4.87. The quantitative estimate of drug-likeness (QED) is 0.128. The van der Waals surface area contributed by atoms with Crippen molar-refractivity contribution in [3.8, 4) is 23.0 Å². The van der Waals surface area contributed by atoms with Crippen LogP contribution in [0.2, 0.25) is 0 Å². The van der Waals surface area contributed by atoms with Crippen molar-refractivity contribution in [3.05, 3.63) is 119 Å². The molecular weight excluding hydrogens is 625 g/mol. The lowest BCUT2D eigenvalue weighted by atomic mass is 9.74. The number of hydrogen-bond donors (Lipinski definition) is 0. The molecule has 0 saturated heterocycles. The van der Waals surface area contributed by atoms with Gasteiger partial charge in [0.25, 0.3) is 0 Å². The minimum Gasteiger partial charge on any atom is -0.457 e. The molecule has 0 fully saturated rings. The molecule has 0 amide bonds. The number of benzene rings is 3. The third-order valence-corrected chi connectivity index (χ3v) is 10.8. The highest BCUT2D eigenvalue weighted by Gasteiger charge is 2.31. The Balaban J connectivity index is 1.33. The van der Waals surface area contributed by atoms with Crippen molar-refractivity contribution < 1.29 is 4.74 Å². The molecule has 7 rings (SSSR count). The second-order valence-corrected chi connectivity index (χ2v) is 15.6. The lowest BCUT2D eigenvalue weighted by Crippen LogP contribution is -2.18. The summed E-state index contributed by atoms with van der Waals surface area (Å²) < 4.78 is 11.3. The van der Waals surface area contributed by atoms with Gasteiger partial charge in [-0.25, -0.2) is 9.67 Å². The van der Waals surface area contributed by atoms with Crippen molar-refractivity contribution in [1.29, 1.82) is 0 Å². The molecule has 264 valence electrons. The molecule has 1 aliphatic rings. The molecule has 0 aliphatic heterocycles. The summed E-state index contributed by atoms with van der Waals surface area (Å²) in [5.74, 6) is 4.41. The Bertz CT molecular complexity index is 2210. The van der Waals surface area contributed by atoms with Gasteiger partial charge in [-0.2, -0.15) is 5.10 Å². The topological polar surface area (TPSA) is 44.9 Å². The van der Waals surface area contributed by atoms with Crippen LogP contribution in [-0.4, -0.2) is 19.3 Å². The van der Waals surface area contributed by atoms with Crippen LogP contribution in [0.15, 0.2) is 90.6 Å². The summed E-state index contributed by atoms with van der Waals surface area (Å²) in [6.45, 7) is 18.3. The number of ether oxygens (including phenoxy) is 1. The van der Waals surface area contributed by atoms with E-state index in [1.807, 2.05) is 6.20 Å². The number of nitrogens with zero attached hydrogens (tertiary/aromatic N) is 4. The first-order valence-corrected chi connectivity index (χ1v) is 19.2. The van der Waals surface area contributed by atoms with E-state index in [1.54, 1.807) is 0 Å². The summed E-state index contributed by atoms with van der Waals surface area (Å²) in [7, 11) is 0. The standard InChI is InChI=1S/C46H54N4O/c1-9-10-16-34-21-22-47-44(24-34)49-41-18-12-11-17-39(41)40-20-19-37(28-42(40)49)51-38-26-35(30(4)5)25-36(27-38)50-43(23-29(2)3)46(33(8)48-50)45-31(6)14-13-15-32(45)7/h11-12,14,17-22,24-30,32,45H,9-10,13,15-16,23H2,1-8H3/t32?,45-/m0/s1. The van der Waals surface area contributed by atoms with Gasteiger partial charge in [0.2, 0.25) is 0 Å². The molecule has 5 nitrogen and oxygen atoms in total. The number of pyridine rings is 1. The Labute approximate surface area is 304 Å². The van der Waals surface area contributed by atoms with Crippen molar-refractivity contribution in [2.75, 3.05) is 0 Å². The number of fused-ring (bicyclic) bond motifs is 3. The van der Waals surface area contributed by atoms with Gasteiger partial charge in [-0.15, -0.1) is 0 Å². The Hall–Kier alpha value is -4.64. The van der Waals surface area contributed by atoms with E-state index in [2.05, 4.69) is 144 Å². The van der Waals surface area contributed by atoms with Crippen LogP contribution in [-0.2, 0) is 12.8 Å². The van der Waals surface area contributed by atoms with Gasteiger partial charge >= 0.3 is 0 Å². The Kier molecular flexibility index (Phi) is 9.92. The largest absolute Gasteiger partial charge is 0.457 e. The Morgan fingerprint density at radius 2 is 1.69 bits per heavy atom. The molecular formula is C46H54N4O. The number of unbranched alkanes of at least 4 members (excludes halogenated alkanes) is 1. The van der Waals surface area contributed by atoms with Gasteiger partial charge in [0.1, 0.15) is 17.3 Å². The first-order valence-electron chi connectivity index (χ1n) is 19.2. The van der Waals surface area contributed by atoms with E-state index in [-0.39, 0.29) is 0 Å². The normalized spacial score (nSPS) is 16.5. The SMILES string of the molecule is CCCCc1ccnc(-n2c3ccccc3c3ccc(Oc4cc(C(C)C)cc(-n5nc(C)c([C@H]6C(C)=CCCC6C)c5CC(C)C)c4)cc32)c1. The van der Waals surface area contributed by atoms with Gasteiger partial charge < -0.3 is 4.74 Å². The predicted molar refractivity (Wildman–Crippen MR) is 213 cm³/mol. The van der Waals surface area contributed by atoms with Crippen molar-refractivity contribution in [2.24, 2.45) is 11.8 Å². The smallest absolute Gasteiger partial charge is 0.137 e. The average molecular weight is 679 g/mol. The van der Waals surface area contributed by atoms with E-state index >= 15 is 0 Å². The van der Waals surface area contributed by atoms with Crippen LogP contribution in [0.1, 0.15) is 114 Å². The molecule has 6 aromatic rings. The molecule has 0 spiro atoms. The lowest BCUT2D eigenvalue weighted by molar-refractivity contribution is 0.444. The van der Waals surface area contributed by atoms with Crippen LogP contribution in [0.5, 0.6) is 11.5 Å². The van der Waals surface area contributed by atoms with E-state index in [4.69, 9.17) is 14.8 Å². The van der Waals surface area contributed by atoms with Gasteiger partial charge in [-0.1, -0.05) is 77.8 Å². The molecule has 0 N–H and O–H groups in total. The third-order valence-electron chi connectivity index (χ3n) is 10.8. The maximum Gasteiger partial charge on any atom is 0.137 e. The number of aromatic nitrogens is 4. The molecule has 3 heterocycles. The van der Waals surface area contributed by atoms with Crippen molar-refractivity contribution in [1.82, 2.24) is 19.3 Å². The van der Waals surface area contributed by atoms with Gasteiger partial charge in [0.05, 0.1) is 22.4 Å². The monoisotopic (exact) mass is 678 g/mol. The molecule has 0 saturated carbocycles. The highest BCUT2D eigenvalue weighted by Crippen LogP contribution is 2.43. The van der Waals surface area contributed by atoms with Crippen molar-refractivity contribution in [2.45, 2.75) is 106 Å². The van der Waals surface area contributed by atoms with Crippen LogP contribution in [0, 0.1) is 18.8 Å². The summed E-state index contributed by atoms with van der Waals surface area (Å²) in [5.41, 5.74) is 11.2. The van der Waals surface area contributed by atoms with Gasteiger partial charge in [0, 0.05) is 46.3 Å². The first-order chi connectivity index (χ1) is 24.6. The zero-order valence-electron chi connectivity index (χ0n) is 31.8. The number of allylic oxidation sites excluding steroid dienone is 2. The van der Waals surface area contributed by atoms with Crippen LogP contribution in [0.4, 0.5) is 0 Å². The van der Waals surface area contributed by atoms with E-state index in [0.29, 0.717) is 23.7 Å². The first kappa shape index (κ1) is 34.8. The second-order valence-electron chi connectivity index (χ2n) is 15.6. The molecule has 1 unspecified atom stereocenters. The van der Waals surface area contributed by atoms with Crippen molar-refractivity contribution in [3.63, 3.8) is 0 Å². The molecule has 5 heteroatoms. The van der Waals surface area contributed by atoms with E-state index < -0.39 is 0 Å². The number of para-hydroxylation sites is 1. The van der Waals surface area contributed by atoms with Crippen LogP contribution in [0.25, 0.3) is 33.3 Å². The predicted octanol–water partition coefficient (Wildman–Crippen LogP) is 12.6. The molecule has 0 radical (unpaired) electrons. The zero-order chi connectivity index (χ0) is 35.8. The molecule has 1 aliphatic carbocycles. The van der Waals surface area contributed by atoms with Gasteiger partial charge in [-0.3, -0.25) is 4.57 Å². The highest BCUT2D eigenvalue weighted by molar-refractivity contribution is 6.09. The van der Waals surface area contributed by atoms with Crippen LogP contribution < -0.4 is 4.74 Å². The summed E-state index contributed by atoms with van der Waals surface area (Å²) in [6, 6.07) is 26.2. The maximum atomic E-state index is 6.83. The summed E-state index contributed by atoms with van der Waals surface area (Å²) in [5, 5.41) is 7.69. The molecule has 51 heavy (non-hydrogen) atoms. The minimum absolute atomic E-state index is 0.330. The van der Waals surface area contributed by atoms with E-state index in [1.165, 1.54) is 64.4 Å². The Morgan fingerprint density at radius 3 is 2.45 bits per heavy atom. The molecule has 3 aromatic carbocycles. The van der Waals surface area contributed by atoms with Crippen LogP contribution in [0.3, 0.4) is 0 Å². The zero-order valence-corrected chi connectivity index (χ0v) is 31.8. The maximum absolute atomic E-state index is 6.83. The highest BCUT2D eigenvalue weighted by atomic mass is 16.5. The van der Waals surface area contributed by atoms with Gasteiger partial charge in [-0.05, 0) is 117 Å². The molecule has 0 bridgehead atoms. The van der Waals surface area contributed by atoms with E-state index in [0.717, 1.165) is 52.6 Å². The minimum atomic E-state index is 0.330. The number of rotatable bonds is 11. The summed E-state index contributed by atoms with van der Waals surface area (Å²) in [6.07, 6.45) is 11.1.